The van der Waals surface area contributed by atoms with Crippen LogP contribution in [0.2, 0.25) is 0 Å². The molecule has 1 unspecified atom stereocenters. The highest BCUT2D eigenvalue weighted by Crippen LogP contribution is 2.18. The van der Waals surface area contributed by atoms with Gasteiger partial charge in [0.25, 0.3) is 5.91 Å². The van der Waals surface area contributed by atoms with E-state index in [4.69, 9.17) is 4.74 Å². The maximum Gasteiger partial charge on any atom is 0.417 e. The van der Waals surface area contributed by atoms with Crippen LogP contribution < -0.4 is 0 Å². The van der Waals surface area contributed by atoms with Gasteiger partial charge in [0.15, 0.2) is 0 Å². The molecule has 1 heterocycles. The zero-order valence-electron chi connectivity index (χ0n) is 9.05. The molecule has 2 rings (SSSR count). The summed E-state index contributed by atoms with van der Waals surface area (Å²) in [4.78, 5) is 24.7. The van der Waals surface area contributed by atoms with E-state index in [1.54, 1.807) is 24.3 Å². The second kappa shape index (κ2) is 4.35. The molecule has 1 atom stereocenters. The van der Waals surface area contributed by atoms with Gasteiger partial charge in [-0.3, -0.25) is 4.79 Å². The third kappa shape index (κ3) is 1.78. The standard InChI is InChI=1S/C12H13NO3/c1-2-10-8-16-12(15)13(10)11(14)9-6-4-3-5-7-9/h3-7,10H,2,8H2,1H3. The lowest BCUT2D eigenvalue weighted by Crippen LogP contribution is -2.38. The summed E-state index contributed by atoms with van der Waals surface area (Å²) in [6, 6.07) is 8.63. The summed E-state index contributed by atoms with van der Waals surface area (Å²) in [5.41, 5.74) is 0.514. The highest BCUT2D eigenvalue weighted by atomic mass is 16.6. The summed E-state index contributed by atoms with van der Waals surface area (Å²) in [6.07, 6.45) is 0.172. The average Bonchev–Trinajstić information content (AvgIpc) is 2.70. The second-order valence-corrected chi connectivity index (χ2v) is 3.68. The van der Waals surface area contributed by atoms with E-state index in [1.807, 2.05) is 13.0 Å². The molecule has 1 fully saturated rings. The van der Waals surface area contributed by atoms with Crippen molar-refractivity contribution < 1.29 is 14.3 Å². The number of carbonyl (C=O) groups excluding carboxylic acids is 2. The summed E-state index contributed by atoms with van der Waals surface area (Å²) < 4.78 is 4.88. The lowest BCUT2D eigenvalue weighted by Gasteiger charge is -2.17. The van der Waals surface area contributed by atoms with Crippen LogP contribution in [-0.2, 0) is 4.74 Å². The van der Waals surface area contributed by atoms with Gasteiger partial charge in [0.2, 0.25) is 0 Å². The van der Waals surface area contributed by atoms with E-state index in [0.717, 1.165) is 0 Å². The Bertz CT molecular complexity index is 402. The number of hydrogen-bond acceptors (Lipinski definition) is 3. The number of cyclic esters (lactones) is 1. The molecule has 1 aliphatic heterocycles. The first-order chi connectivity index (χ1) is 7.74. The third-order valence-corrected chi connectivity index (χ3v) is 2.67. The molecule has 0 bridgehead atoms. The van der Waals surface area contributed by atoms with Crippen molar-refractivity contribution in [2.24, 2.45) is 0 Å². The molecule has 0 spiro atoms. The van der Waals surface area contributed by atoms with Crippen molar-refractivity contribution in [2.75, 3.05) is 6.61 Å². The van der Waals surface area contributed by atoms with Crippen molar-refractivity contribution >= 4 is 12.0 Å². The quantitative estimate of drug-likeness (QED) is 0.764. The van der Waals surface area contributed by atoms with Gasteiger partial charge in [-0.15, -0.1) is 0 Å². The van der Waals surface area contributed by atoms with Gasteiger partial charge in [0.1, 0.15) is 6.61 Å². The first-order valence-electron chi connectivity index (χ1n) is 5.29. The summed E-state index contributed by atoms with van der Waals surface area (Å²) in [5, 5.41) is 0. The first kappa shape index (κ1) is 10.7. The zero-order chi connectivity index (χ0) is 11.5. The van der Waals surface area contributed by atoms with Crippen molar-refractivity contribution in [1.82, 2.24) is 4.90 Å². The first-order valence-corrected chi connectivity index (χ1v) is 5.29. The third-order valence-electron chi connectivity index (χ3n) is 2.67. The van der Waals surface area contributed by atoms with Gasteiger partial charge in [0, 0.05) is 5.56 Å². The number of imide groups is 1. The van der Waals surface area contributed by atoms with Crippen LogP contribution in [-0.4, -0.2) is 29.5 Å². The summed E-state index contributed by atoms with van der Waals surface area (Å²) in [5.74, 6) is -0.282. The molecule has 0 aromatic heterocycles. The van der Waals surface area contributed by atoms with Crippen molar-refractivity contribution in [1.29, 1.82) is 0 Å². The fraction of sp³-hybridized carbons (Fsp3) is 0.333. The van der Waals surface area contributed by atoms with E-state index >= 15 is 0 Å². The number of hydrogen-bond donors (Lipinski definition) is 0. The van der Waals surface area contributed by atoms with Crippen LogP contribution in [0.4, 0.5) is 4.79 Å². The number of carbonyl (C=O) groups is 2. The largest absolute Gasteiger partial charge is 0.447 e. The Labute approximate surface area is 93.8 Å². The SMILES string of the molecule is CCC1COC(=O)N1C(=O)c1ccccc1. The minimum absolute atomic E-state index is 0.139. The van der Waals surface area contributed by atoms with Crippen LogP contribution in [0.15, 0.2) is 30.3 Å². The molecule has 1 saturated heterocycles. The Kier molecular flexibility index (Phi) is 2.90. The van der Waals surface area contributed by atoms with Gasteiger partial charge in [-0.25, -0.2) is 9.69 Å². The Morgan fingerprint density at radius 3 is 2.75 bits per heavy atom. The van der Waals surface area contributed by atoms with E-state index in [1.165, 1.54) is 4.90 Å². The Morgan fingerprint density at radius 1 is 1.44 bits per heavy atom. The van der Waals surface area contributed by atoms with Crippen molar-refractivity contribution in [3.8, 4) is 0 Å². The molecule has 0 radical (unpaired) electrons. The van der Waals surface area contributed by atoms with Crippen molar-refractivity contribution in [3.63, 3.8) is 0 Å². The fourth-order valence-corrected chi connectivity index (χ4v) is 1.73. The van der Waals surface area contributed by atoms with Gasteiger partial charge in [0.05, 0.1) is 6.04 Å². The van der Waals surface area contributed by atoms with E-state index in [-0.39, 0.29) is 11.9 Å². The molecule has 16 heavy (non-hydrogen) atoms. The molecule has 84 valence electrons. The molecule has 0 saturated carbocycles. The molecule has 4 heteroatoms. The van der Waals surface area contributed by atoms with Crippen molar-refractivity contribution in [3.05, 3.63) is 35.9 Å². The van der Waals surface area contributed by atoms with Crippen LogP contribution >= 0.6 is 0 Å². The number of ether oxygens (including phenoxy) is 1. The predicted molar refractivity (Wildman–Crippen MR) is 58.0 cm³/mol. The Hall–Kier alpha value is -1.84. The average molecular weight is 219 g/mol. The second-order valence-electron chi connectivity index (χ2n) is 3.68. The Morgan fingerprint density at radius 2 is 2.12 bits per heavy atom. The highest BCUT2D eigenvalue weighted by molar-refractivity contribution is 6.03. The molecule has 0 aliphatic carbocycles. The molecule has 2 amide bonds. The van der Waals surface area contributed by atoms with Crippen LogP contribution in [0.25, 0.3) is 0 Å². The van der Waals surface area contributed by atoms with Crippen LogP contribution in [0.3, 0.4) is 0 Å². The molecule has 1 aromatic rings. The maximum absolute atomic E-state index is 12.1. The number of benzene rings is 1. The molecule has 1 aliphatic rings. The molecular weight excluding hydrogens is 206 g/mol. The van der Waals surface area contributed by atoms with E-state index in [0.29, 0.717) is 18.6 Å². The normalized spacial score (nSPS) is 19.7. The van der Waals surface area contributed by atoms with Crippen LogP contribution in [0.5, 0.6) is 0 Å². The predicted octanol–water partition coefficient (Wildman–Crippen LogP) is 2.06. The summed E-state index contributed by atoms with van der Waals surface area (Å²) >= 11 is 0. The van der Waals surface area contributed by atoms with E-state index in [9.17, 15) is 9.59 Å². The monoisotopic (exact) mass is 219 g/mol. The van der Waals surface area contributed by atoms with E-state index in [2.05, 4.69) is 0 Å². The lowest BCUT2D eigenvalue weighted by molar-refractivity contribution is 0.0773. The van der Waals surface area contributed by atoms with Gasteiger partial charge >= 0.3 is 6.09 Å². The minimum Gasteiger partial charge on any atom is -0.447 e. The topological polar surface area (TPSA) is 46.6 Å². The number of nitrogens with zero attached hydrogens (tertiary/aromatic N) is 1. The van der Waals surface area contributed by atoms with Gasteiger partial charge in [-0.1, -0.05) is 25.1 Å². The van der Waals surface area contributed by atoms with E-state index < -0.39 is 6.09 Å². The van der Waals surface area contributed by atoms with Gasteiger partial charge in [-0.05, 0) is 18.6 Å². The zero-order valence-corrected chi connectivity index (χ0v) is 9.05. The van der Waals surface area contributed by atoms with Crippen molar-refractivity contribution in [2.45, 2.75) is 19.4 Å². The lowest BCUT2D eigenvalue weighted by atomic mass is 10.1. The molecule has 0 N–H and O–H groups in total. The molecule has 4 nitrogen and oxygen atoms in total. The minimum atomic E-state index is -0.541. The summed E-state index contributed by atoms with van der Waals surface area (Å²) in [7, 11) is 0. The molecule has 1 aromatic carbocycles. The number of amides is 2. The van der Waals surface area contributed by atoms with Crippen LogP contribution in [0.1, 0.15) is 23.7 Å². The summed E-state index contributed by atoms with van der Waals surface area (Å²) in [6.45, 7) is 2.23. The highest BCUT2D eigenvalue weighted by Gasteiger charge is 2.36. The maximum atomic E-state index is 12.1. The number of rotatable bonds is 2. The Balaban J connectivity index is 2.24. The van der Waals surface area contributed by atoms with Crippen LogP contribution in [0, 0.1) is 0 Å². The fourth-order valence-electron chi connectivity index (χ4n) is 1.73. The molecular formula is C12H13NO3. The van der Waals surface area contributed by atoms with Gasteiger partial charge < -0.3 is 4.74 Å². The smallest absolute Gasteiger partial charge is 0.417 e. The van der Waals surface area contributed by atoms with Gasteiger partial charge in [-0.2, -0.15) is 0 Å².